The Morgan fingerprint density at radius 1 is 1.53 bits per heavy atom. The first-order valence-electron chi connectivity index (χ1n) is 6.81. The van der Waals surface area contributed by atoms with E-state index in [2.05, 4.69) is 31.3 Å². The summed E-state index contributed by atoms with van der Waals surface area (Å²) >= 11 is 3.80. The lowest BCUT2D eigenvalue weighted by Gasteiger charge is -2.32. The lowest BCUT2D eigenvalue weighted by Crippen LogP contribution is -2.40. The van der Waals surface area contributed by atoms with Crippen molar-refractivity contribution in [1.29, 1.82) is 0 Å². The number of aryl methyl sites for hydroxylation is 1. The van der Waals surface area contributed by atoms with E-state index >= 15 is 0 Å². The largest absolute Gasteiger partial charge is 0.320 e. The van der Waals surface area contributed by atoms with Gasteiger partial charge >= 0.3 is 0 Å². The molecule has 3 heterocycles. The minimum absolute atomic E-state index is 0.0872. The quantitative estimate of drug-likeness (QED) is 0.931. The van der Waals surface area contributed by atoms with Gasteiger partial charge in [-0.25, -0.2) is 0 Å². The Morgan fingerprint density at radius 3 is 3.00 bits per heavy atom. The molecule has 1 aromatic rings. The molecule has 104 valence electrons. The zero-order valence-corrected chi connectivity index (χ0v) is 13.1. The Morgan fingerprint density at radius 2 is 2.37 bits per heavy atom. The van der Waals surface area contributed by atoms with Crippen molar-refractivity contribution < 1.29 is 4.79 Å². The van der Waals surface area contributed by atoms with Gasteiger partial charge in [0, 0.05) is 21.0 Å². The second-order valence-electron chi connectivity index (χ2n) is 5.66. The first-order chi connectivity index (χ1) is 9.07. The van der Waals surface area contributed by atoms with Gasteiger partial charge < -0.3 is 4.90 Å². The Labute approximate surface area is 122 Å². The molecule has 1 amide bonds. The number of nitrogens with one attached hydrogen (secondary N) is 1. The maximum absolute atomic E-state index is 12.2. The molecule has 2 fully saturated rings. The van der Waals surface area contributed by atoms with Crippen LogP contribution in [0.25, 0.3) is 0 Å². The summed E-state index contributed by atoms with van der Waals surface area (Å²) in [6.07, 6.45) is 2.58. The van der Waals surface area contributed by atoms with Gasteiger partial charge in [-0.1, -0.05) is 0 Å². The van der Waals surface area contributed by atoms with E-state index in [1.54, 1.807) is 11.3 Å². The SMILES string of the molecule is Cc1ccc(C2NCC(=O)N2CC2(C)CCCS2)s1. The van der Waals surface area contributed by atoms with Gasteiger partial charge in [-0.05, 0) is 44.6 Å². The molecule has 0 aliphatic carbocycles. The fourth-order valence-corrected chi connectivity index (χ4v) is 5.16. The van der Waals surface area contributed by atoms with E-state index in [0.29, 0.717) is 6.54 Å². The molecule has 0 aromatic carbocycles. The summed E-state index contributed by atoms with van der Waals surface area (Å²) < 4.78 is 0.242. The zero-order chi connectivity index (χ0) is 13.5. The average molecular weight is 296 g/mol. The summed E-state index contributed by atoms with van der Waals surface area (Å²) in [6, 6.07) is 4.28. The van der Waals surface area contributed by atoms with Gasteiger partial charge in [-0.15, -0.1) is 11.3 Å². The van der Waals surface area contributed by atoms with Crippen molar-refractivity contribution in [3.63, 3.8) is 0 Å². The molecule has 0 bridgehead atoms. The maximum Gasteiger partial charge on any atom is 0.238 e. The van der Waals surface area contributed by atoms with Crippen LogP contribution in [0.1, 0.15) is 35.7 Å². The molecule has 3 nitrogen and oxygen atoms in total. The first-order valence-corrected chi connectivity index (χ1v) is 8.61. The van der Waals surface area contributed by atoms with Crippen molar-refractivity contribution in [1.82, 2.24) is 10.2 Å². The van der Waals surface area contributed by atoms with E-state index in [-0.39, 0.29) is 16.8 Å². The number of amides is 1. The number of carbonyl (C=O) groups is 1. The topological polar surface area (TPSA) is 32.3 Å². The standard InChI is InChI=1S/C14H20N2OS2/c1-10-4-5-11(19-10)13-15-8-12(17)16(13)9-14(2)6-3-7-18-14/h4-5,13,15H,3,6-9H2,1-2H3. The number of carbonyl (C=O) groups excluding carboxylic acids is 1. The van der Waals surface area contributed by atoms with E-state index in [1.165, 1.54) is 28.3 Å². The summed E-state index contributed by atoms with van der Waals surface area (Å²) in [4.78, 5) is 16.8. The molecule has 0 saturated carbocycles. The van der Waals surface area contributed by atoms with E-state index in [4.69, 9.17) is 0 Å². The molecule has 1 N–H and O–H groups in total. The van der Waals surface area contributed by atoms with Crippen molar-refractivity contribution in [2.24, 2.45) is 0 Å². The predicted molar refractivity (Wildman–Crippen MR) is 81.6 cm³/mol. The van der Waals surface area contributed by atoms with Crippen LogP contribution >= 0.6 is 23.1 Å². The van der Waals surface area contributed by atoms with Crippen LogP contribution in [0.3, 0.4) is 0 Å². The first kappa shape index (κ1) is 13.5. The van der Waals surface area contributed by atoms with Crippen LogP contribution in [-0.4, -0.2) is 34.4 Å². The predicted octanol–water partition coefficient (Wildman–Crippen LogP) is 2.77. The van der Waals surface area contributed by atoms with Gasteiger partial charge in [0.25, 0.3) is 0 Å². The van der Waals surface area contributed by atoms with Crippen LogP contribution in [0.5, 0.6) is 0 Å². The highest BCUT2D eigenvalue weighted by molar-refractivity contribution is 8.00. The number of hydrogen-bond acceptors (Lipinski definition) is 4. The number of rotatable bonds is 3. The van der Waals surface area contributed by atoms with Crippen LogP contribution in [0.15, 0.2) is 12.1 Å². The molecule has 2 unspecified atom stereocenters. The highest BCUT2D eigenvalue weighted by Crippen LogP contribution is 2.40. The molecule has 2 saturated heterocycles. The summed E-state index contributed by atoms with van der Waals surface area (Å²) in [5.74, 6) is 1.47. The van der Waals surface area contributed by atoms with Crippen LogP contribution < -0.4 is 5.32 Å². The van der Waals surface area contributed by atoms with E-state index in [1.807, 2.05) is 16.7 Å². The lowest BCUT2D eigenvalue weighted by atomic mass is 10.0. The summed E-state index contributed by atoms with van der Waals surface area (Å²) in [6.45, 7) is 5.75. The number of nitrogens with zero attached hydrogens (tertiary/aromatic N) is 1. The van der Waals surface area contributed by atoms with Gasteiger partial charge in [0.05, 0.1) is 6.54 Å². The Kier molecular flexibility index (Phi) is 3.62. The second-order valence-corrected chi connectivity index (χ2v) is 8.66. The fraction of sp³-hybridized carbons (Fsp3) is 0.643. The smallest absolute Gasteiger partial charge is 0.238 e. The monoisotopic (exact) mass is 296 g/mol. The molecule has 5 heteroatoms. The van der Waals surface area contributed by atoms with Crippen LogP contribution in [0, 0.1) is 6.92 Å². The highest BCUT2D eigenvalue weighted by atomic mass is 32.2. The molecule has 1 aromatic heterocycles. The normalized spacial score (nSPS) is 31.4. The molecule has 2 atom stereocenters. The summed E-state index contributed by atoms with van der Waals surface area (Å²) in [7, 11) is 0. The fourth-order valence-electron chi connectivity index (χ4n) is 2.90. The van der Waals surface area contributed by atoms with Gasteiger partial charge in [0.2, 0.25) is 5.91 Å². The molecular weight excluding hydrogens is 276 g/mol. The highest BCUT2D eigenvalue weighted by Gasteiger charge is 2.39. The summed E-state index contributed by atoms with van der Waals surface area (Å²) in [5.41, 5.74) is 0. The molecular formula is C14H20N2OS2. The van der Waals surface area contributed by atoms with Crippen molar-refractivity contribution in [3.05, 3.63) is 21.9 Å². The minimum Gasteiger partial charge on any atom is -0.320 e. The number of thioether (sulfide) groups is 1. The Balaban J connectivity index is 1.79. The van der Waals surface area contributed by atoms with Gasteiger partial charge in [0.15, 0.2) is 0 Å². The van der Waals surface area contributed by atoms with Gasteiger partial charge in [-0.3, -0.25) is 10.1 Å². The maximum atomic E-state index is 12.2. The van der Waals surface area contributed by atoms with Crippen LogP contribution in [0.4, 0.5) is 0 Å². The third-order valence-corrected chi connectivity index (χ3v) is 6.49. The molecule has 19 heavy (non-hydrogen) atoms. The van der Waals surface area contributed by atoms with E-state index in [9.17, 15) is 4.79 Å². The van der Waals surface area contributed by atoms with E-state index < -0.39 is 0 Å². The third kappa shape index (κ3) is 2.69. The van der Waals surface area contributed by atoms with Crippen molar-refractivity contribution in [2.45, 2.75) is 37.6 Å². The van der Waals surface area contributed by atoms with Crippen molar-refractivity contribution in [3.8, 4) is 0 Å². The van der Waals surface area contributed by atoms with Gasteiger partial charge in [0.1, 0.15) is 6.17 Å². The second kappa shape index (κ2) is 5.11. The third-order valence-electron chi connectivity index (χ3n) is 3.91. The number of thiophene rings is 1. The number of hydrogen-bond donors (Lipinski definition) is 1. The molecule has 2 aliphatic rings. The van der Waals surface area contributed by atoms with Gasteiger partial charge in [-0.2, -0.15) is 11.8 Å². The summed E-state index contributed by atoms with van der Waals surface area (Å²) in [5, 5.41) is 3.35. The minimum atomic E-state index is 0.0872. The molecule has 3 rings (SSSR count). The van der Waals surface area contributed by atoms with Crippen LogP contribution in [-0.2, 0) is 4.79 Å². The van der Waals surface area contributed by atoms with Crippen molar-refractivity contribution >= 4 is 29.0 Å². The molecule has 2 aliphatic heterocycles. The Hall–Kier alpha value is -0.520. The Bertz CT molecular complexity index is 480. The van der Waals surface area contributed by atoms with Crippen molar-refractivity contribution in [2.75, 3.05) is 18.8 Å². The van der Waals surface area contributed by atoms with Crippen LogP contribution in [0.2, 0.25) is 0 Å². The van der Waals surface area contributed by atoms with E-state index in [0.717, 1.165) is 6.54 Å². The zero-order valence-electron chi connectivity index (χ0n) is 11.4. The average Bonchev–Trinajstić information content (AvgIpc) is 3.04. The molecule has 0 radical (unpaired) electrons. The molecule has 0 spiro atoms. The lowest BCUT2D eigenvalue weighted by molar-refractivity contribution is -0.128.